The summed E-state index contributed by atoms with van der Waals surface area (Å²) < 4.78 is 0. The quantitative estimate of drug-likeness (QED) is 0.530. The lowest BCUT2D eigenvalue weighted by Gasteiger charge is -2.05. The zero-order valence-electron chi connectivity index (χ0n) is 5.95. The molecule has 1 aromatic heterocycles. The van der Waals surface area contributed by atoms with Crippen LogP contribution in [-0.4, -0.2) is 16.7 Å². The van der Waals surface area contributed by atoms with Gasteiger partial charge in [-0.2, -0.15) is 0 Å². The van der Waals surface area contributed by atoms with Gasteiger partial charge in [-0.3, -0.25) is 4.79 Å². The van der Waals surface area contributed by atoms with Crippen LogP contribution in [0.15, 0.2) is 23.1 Å². The van der Waals surface area contributed by atoms with Crippen LogP contribution in [0, 0.1) is 0 Å². The fourth-order valence-corrected chi connectivity index (χ4v) is 0.797. The second-order valence-corrected chi connectivity index (χ2v) is 2.28. The molecular formula is C7H10N2O2. The number of rotatable bonds is 2. The number of hydrogen-bond donors (Lipinski definition) is 3. The molecule has 4 heteroatoms. The minimum atomic E-state index is -0.461. The summed E-state index contributed by atoms with van der Waals surface area (Å²) in [5, 5.41) is 8.64. The summed E-state index contributed by atoms with van der Waals surface area (Å²) in [4.78, 5) is 13.2. The molecule has 60 valence electrons. The lowest BCUT2D eigenvalue weighted by atomic mass is 10.1. The molecule has 1 atom stereocenters. The predicted molar refractivity (Wildman–Crippen MR) is 41.1 cm³/mol. The zero-order valence-corrected chi connectivity index (χ0v) is 5.95. The van der Waals surface area contributed by atoms with Gasteiger partial charge in [0.2, 0.25) is 5.56 Å². The van der Waals surface area contributed by atoms with Crippen molar-refractivity contribution < 1.29 is 5.11 Å². The first-order valence-electron chi connectivity index (χ1n) is 3.29. The maximum absolute atomic E-state index is 10.7. The van der Waals surface area contributed by atoms with Crippen LogP contribution in [0.4, 0.5) is 0 Å². The number of pyridine rings is 1. The van der Waals surface area contributed by atoms with Crippen molar-refractivity contribution in [2.45, 2.75) is 6.04 Å². The van der Waals surface area contributed by atoms with Crippen LogP contribution in [0.3, 0.4) is 0 Å². The van der Waals surface area contributed by atoms with Gasteiger partial charge in [-0.05, 0) is 11.6 Å². The van der Waals surface area contributed by atoms with Crippen molar-refractivity contribution in [3.8, 4) is 0 Å². The summed E-state index contributed by atoms with van der Waals surface area (Å²) in [5.74, 6) is 0. The SMILES string of the molecule is NC(CO)c1cc[nH]c(=O)c1. The Morgan fingerprint density at radius 2 is 2.45 bits per heavy atom. The average Bonchev–Trinajstić information content (AvgIpc) is 2.03. The molecule has 0 aliphatic carbocycles. The molecule has 0 saturated carbocycles. The highest BCUT2D eigenvalue weighted by molar-refractivity contribution is 5.14. The minimum Gasteiger partial charge on any atom is -0.394 e. The van der Waals surface area contributed by atoms with Crippen molar-refractivity contribution in [1.82, 2.24) is 4.98 Å². The molecule has 0 aromatic carbocycles. The number of aromatic nitrogens is 1. The molecular weight excluding hydrogens is 144 g/mol. The number of aromatic amines is 1. The van der Waals surface area contributed by atoms with Crippen molar-refractivity contribution in [2.24, 2.45) is 5.73 Å². The third kappa shape index (κ3) is 1.89. The highest BCUT2D eigenvalue weighted by Crippen LogP contribution is 2.03. The van der Waals surface area contributed by atoms with E-state index in [4.69, 9.17) is 10.8 Å². The van der Waals surface area contributed by atoms with E-state index in [1.165, 1.54) is 12.3 Å². The van der Waals surface area contributed by atoms with E-state index in [0.717, 1.165) is 0 Å². The Kier molecular flexibility index (Phi) is 2.40. The largest absolute Gasteiger partial charge is 0.394 e. The Labute approximate surface area is 63.7 Å². The monoisotopic (exact) mass is 154 g/mol. The van der Waals surface area contributed by atoms with Crippen LogP contribution in [0.25, 0.3) is 0 Å². The van der Waals surface area contributed by atoms with Gasteiger partial charge in [0.1, 0.15) is 0 Å². The predicted octanol–water partition coefficient (Wildman–Crippen LogP) is -0.633. The third-order valence-corrected chi connectivity index (χ3v) is 1.42. The maximum atomic E-state index is 10.7. The van der Waals surface area contributed by atoms with Crippen LogP contribution in [0.5, 0.6) is 0 Å². The van der Waals surface area contributed by atoms with Gasteiger partial charge in [0.15, 0.2) is 0 Å². The first-order valence-corrected chi connectivity index (χ1v) is 3.29. The van der Waals surface area contributed by atoms with Gasteiger partial charge in [-0.25, -0.2) is 0 Å². The Bertz CT molecular complexity index is 282. The number of hydrogen-bond acceptors (Lipinski definition) is 3. The zero-order chi connectivity index (χ0) is 8.27. The van der Waals surface area contributed by atoms with Crippen LogP contribution in [-0.2, 0) is 0 Å². The summed E-state index contributed by atoms with van der Waals surface area (Å²) in [6.45, 7) is -0.149. The number of nitrogens with one attached hydrogen (secondary N) is 1. The third-order valence-electron chi connectivity index (χ3n) is 1.42. The van der Waals surface area contributed by atoms with Crippen molar-refractivity contribution in [1.29, 1.82) is 0 Å². The van der Waals surface area contributed by atoms with Crippen molar-refractivity contribution in [2.75, 3.05) is 6.61 Å². The van der Waals surface area contributed by atoms with E-state index in [0.29, 0.717) is 5.56 Å². The lowest BCUT2D eigenvalue weighted by molar-refractivity contribution is 0.268. The molecule has 0 fully saturated rings. The topological polar surface area (TPSA) is 79.1 Å². The fraction of sp³-hybridized carbons (Fsp3) is 0.286. The van der Waals surface area contributed by atoms with Gasteiger partial charge < -0.3 is 15.8 Å². The Balaban J connectivity index is 2.96. The van der Waals surface area contributed by atoms with Gasteiger partial charge in [0.25, 0.3) is 0 Å². The molecule has 1 aromatic rings. The van der Waals surface area contributed by atoms with Gasteiger partial charge in [-0.15, -0.1) is 0 Å². The molecule has 0 spiro atoms. The lowest BCUT2D eigenvalue weighted by Crippen LogP contribution is -2.17. The highest BCUT2D eigenvalue weighted by Gasteiger charge is 2.02. The molecule has 1 heterocycles. The van der Waals surface area contributed by atoms with Gasteiger partial charge in [-0.1, -0.05) is 0 Å². The molecule has 1 unspecified atom stereocenters. The molecule has 0 aliphatic rings. The van der Waals surface area contributed by atoms with Crippen molar-refractivity contribution in [3.63, 3.8) is 0 Å². The summed E-state index contributed by atoms with van der Waals surface area (Å²) in [6, 6.07) is 2.58. The summed E-state index contributed by atoms with van der Waals surface area (Å²) in [5.41, 5.74) is 5.91. The summed E-state index contributed by atoms with van der Waals surface area (Å²) >= 11 is 0. The second kappa shape index (κ2) is 3.32. The molecule has 0 amide bonds. The van der Waals surface area contributed by atoms with E-state index in [1.807, 2.05) is 0 Å². The summed E-state index contributed by atoms with van der Waals surface area (Å²) in [7, 11) is 0. The smallest absolute Gasteiger partial charge is 0.248 e. The van der Waals surface area contributed by atoms with Crippen LogP contribution in [0.2, 0.25) is 0 Å². The van der Waals surface area contributed by atoms with E-state index in [9.17, 15) is 4.79 Å². The molecule has 0 saturated heterocycles. The van der Waals surface area contributed by atoms with Crippen LogP contribution in [0.1, 0.15) is 11.6 Å². The second-order valence-electron chi connectivity index (χ2n) is 2.28. The first kappa shape index (κ1) is 7.97. The van der Waals surface area contributed by atoms with Crippen LogP contribution < -0.4 is 11.3 Å². The number of aliphatic hydroxyl groups is 1. The van der Waals surface area contributed by atoms with E-state index >= 15 is 0 Å². The van der Waals surface area contributed by atoms with Gasteiger partial charge in [0, 0.05) is 12.3 Å². The molecule has 11 heavy (non-hydrogen) atoms. The van der Waals surface area contributed by atoms with E-state index in [2.05, 4.69) is 4.98 Å². The number of aliphatic hydroxyl groups excluding tert-OH is 1. The molecule has 0 radical (unpaired) electrons. The number of nitrogens with two attached hydrogens (primary N) is 1. The molecule has 0 bridgehead atoms. The Morgan fingerprint density at radius 1 is 1.73 bits per heavy atom. The average molecular weight is 154 g/mol. The van der Waals surface area contributed by atoms with Gasteiger partial charge in [0.05, 0.1) is 12.6 Å². The Morgan fingerprint density at radius 3 is 3.00 bits per heavy atom. The van der Waals surface area contributed by atoms with Crippen LogP contribution >= 0.6 is 0 Å². The molecule has 4 N–H and O–H groups in total. The number of H-pyrrole nitrogens is 1. The van der Waals surface area contributed by atoms with Crippen molar-refractivity contribution in [3.05, 3.63) is 34.2 Å². The normalized spacial score (nSPS) is 12.9. The van der Waals surface area contributed by atoms with Crippen molar-refractivity contribution >= 4 is 0 Å². The standard InChI is InChI=1S/C7H10N2O2/c8-6(4-10)5-1-2-9-7(11)3-5/h1-3,6,10H,4,8H2,(H,9,11). The maximum Gasteiger partial charge on any atom is 0.248 e. The minimum absolute atomic E-state index is 0.149. The van der Waals surface area contributed by atoms with E-state index < -0.39 is 6.04 Å². The van der Waals surface area contributed by atoms with Gasteiger partial charge >= 0.3 is 0 Å². The Hall–Kier alpha value is -1.13. The fourth-order valence-electron chi connectivity index (χ4n) is 0.797. The molecule has 0 aliphatic heterocycles. The van der Waals surface area contributed by atoms with E-state index in [1.54, 1.807) is 6.07 Å². The van der Waals surface area contributed by atoms with E-state index in [-0.39, 0.29) is 12.2 Å². The molecule has 4 nitrogen and oxygen atoms in total. The molecule has 1 rings (SSSR count). The highest BCUT2D eigenvalue weighted by atomic mass is 16.3. The summed E-state index contributed by atoms with van der Waals surface area (Å²) in [6.07, 6.45) is 1.51. The first-order chi connectivity index (χ1) is 5.24.